The number of nitrogens with zero attached hydrogens (tertiary/aromatic N) is 6. The Morgan fingerprint density at radius 3 is 2.88 bits per heavy atom. The lowest BCUT2D eigenvalue weighted by Crippen LogP contribution is -2.21. The van der Waals surface area contributed by atoms with Crippen molar-refractivity contribution in [3.05, 3.63) is 52.5 Å². The first kappa shape index (κ1) is 16.0. The highest BCUT2D eigenvalue weighted by molar-refractivity contribution is 5.76. The third-order valence-corrected chi connectivity index (χ3v) is 4.26. The van der Waals surface area contributed by atoms with E-state index in [1.54, 1.807) is 42.6 Å². The lowest BCUT2D eigenvalue weighted by Gasteiger charge is -2.04. The van der Waals surface area contributed by atoms with E-state index in [1.807, 2.05) is 13.8 Å². The van der Waals surface area contributed by atoms with Gasteiger partial charge in [0.2, 0.25) is 5.88 Å². The standard InChI is InChI=1S/C17H17N7O2/c1-4-12-10(2)21-15-13(8-20-24(15)16(12)25)11-7-19-23(9-11)17-18-6-5-14(22-17)26-3/h5-9,21H,4H2,1-3H3. The van der Waals surface area contributed by atoms with Gasteiger partial charge in [-0.15, -0.1) is 0 Å². The molecule has 4 rings (SSSR count). The van der Waals surface area contributed by atoms with Gasteiger partial charge in [0.15, 0.2) is 0 Å². The van der Waals surface area contributed by atoms with Crippen molar-refractivity contribution in [3.8, 4) is 23.0 Å². The number of methoxy groups -OCH3 is 1. The Morgan fingerprint density at radius 2 is 2.12 bits per heavy atom. The molecule has 0 fully saturated rings. The van der Waals surface area contributed by atoms with Gasteiger partial charge in [-0.05, 0) is 13.3 Å². The van der Waals surface area contributed by atoms with Crippen LogP contribution in [0.5, 0.6) is 5.88 Å². The van der Waals surface area contributed by atoms with Crippen molar-refractivity contribution in [2.75, 3.05) is 7.11 Å². The molecule has 0 radical (unpaired) electrons. The van der Waals surface area contributed by atoms with Crippen molar-refractivity contribution in [2.45, 2.75) is 20.3 Å². The van der Waals surface area contributed by atoms with Gasteiger partial charge in [0.25, 0.3) is 11.5 Å². The number of ether oxygens (including phenoxy) is 1. The van der Waals surface area contributed by atoms with Gasteiger partial charge >= 0.3 is 0 Å². The molecule has 0 aliphatic heterocycles. The number of fused-ring (bicyclic) bond motifs is 1. The van der Waals surface area contributed by atoms with Crippen molar-refractivity contribution in [1.29, 1.82) is 0 Å². The number of H-pyrrole nitrogens is 1. The summed E-state index contributed by atoms with van der Waals surface area (Å²) in [6, 6.07) is 1.66. The molecule has 0 amide bonds. The quantitative estimate of drug-likeness (QED) is 0.598. The molecule has 0 aliphatic carbocycles. The third kappa shape index (κ3) is 2.44. The molecule has 132 valence electrons. The first-order valence-electron chi connectivity index (χ1n) is 8.14. The van der Waals surface area contributed by atoms with Gasteiger partial charge in [-0.3, -0.25) is 4.79 Å². The lowest BCUT2D eigenvalue weighted by molar-refractivity contribution is 0.395. The first-order valence-corrected chi connectivity index (χ1v) is 8.14. The molecule has 0 unspecified atom stereocenters. The second kappa shape index (κ2) is 6.10. The summed E-state index contributed by atoms with van der Waals surface area (Å²) in [5.41, 5.74) is 3.68. The van der Waals surface area contributed by atoms with E-state index in [-0.39, 0.29) is 5.56 Å². The Bertz CT molecular complexity index is 1160. The number of nitrogens with one attached hydrogen (secondary N) is 1. The fourth-order valence-electron chi connectivity index (χ4n) is 2.92. The van der Waals surface area contributed by atoms with Crippen LogP contribution in [0.25, 0.3) is 22.7 Å². The molecule has 9 heteroatoms. The molecule has 0 atom stereocenters. The molecule has 0 spiro atoms. The number of rotatable bonds is 4. The zero-order chi connectivity index (χ0) is 18.3. The number of hydrogen-bond acceptors (Lipinski definition) is 6. The smallest absolute Gasteiger partial charge is 0.277 e. The van der Waals surface area contributed by atoms with E-state index < -0.39 is 0 Å². The van der Waals surface area contributed by atoms with Crippen LogP contribution in [-0.2, 0) is 6.42 Å². The Kier molecular flexibility index (Phi) is 3.76. The fraction of sp³-hybridized carbons (Fsp3) is 0.235. The van der Waals surface area contributed by atoms with Crippen LogP contribution in [0.4, 0.5) is 0 Å². The molecule has 0 saturated carbocycles. The Morgan fingerprint density at radius 1 is 1.27 bits per heavy atom. The maximum atomic E-state index is 12.5. The monoisotopic (exact) mass is 351 g/mol. The van der Waals surface area contributed by atoms with E-state index in [2.05, 4.69) is 25.1 Å². The Labute approximate surface area is 148 Å². The molecule has 0 saturated heterocycles. The predicted molar refractivity (Wildman–Crippen MR) is 94.6 cm³/mol. The van der Waals surface area contributed by atoms with Crippen LogP contribution in [0.15, 0.2) is 35.6 Å². The van der Waals surface area contributed by atoms with Crippen LogP contribution in [0, 0.1) is 6.92 Å². The van der Waals surface area contributed by atoms with Gasteiger partial charge in [-0.1, -0.05) is 6.92 Å². The van der Waals surface area contributed by atoms with Gasteiger partial charge in [0.1, 0.15) is 5.65 Å². The van der Waals surface area contributed by atoms with Crippen LogP contribution in [0.1, 0.15) is 18.2 Å². The molecule has 0 aliphatic rings. The van der Waals surface area contributed by atoms with Crippen molar-refractivity contribution in [1.82, 2.24) is 34.3 Å². The molecule has 0 aromatic carbocycles. The summed E-state index contributed by atoms with van der Waals surface area (Å²) in [6.45, 7) is 3.84. The van der Waals surface area contributed by atoms with Gasteiger partial charge in [-0.2, -0.15) is 19.7 Å². The van der Waals surface area contributed by atoms with Crippen molar-refractivity contribution in [2.24, 2.45) is 0 Å². The van der Waals surface area contributed by atoms with E-state index in [0.717, 1.165) is 22.4 Å². The van der Waals surface area contributed by atoms with Crippen LogP contribution in [0.3, 0.4) is 0 Å². The summed E-state index contributed by atoms with van der Waals surface area (Å²) < 4.78 is 8.05. The Hall–Kier alpha value is -3.49. The van der Waals surface area contributed by atoms with Gasteiger partial charge in [-0.25, -0.2) is 9.67 Å². The summed E-state index contributed by atoms with van der Waals surface area (Å²) in [5, 5.41) is 8.55. The van der Waals surface area contributed by atoms with Crippen LogP contribution < -0.4 is 10.3 Å². The Balaban J connectivity index is 1.82. The number of hydrogen-bond donors (Lipinski definition) is 1. The van der Waals surface area contributed by atoms with E-state index in [4.69, 9.17) is 4.74 Å². The normalized spacial score (nSPS) is 11.2. The van der Waals surface area contributed by atoms with Gasteiger partial charge in [0.05, 0.1) is 19.5 Å². The average molecular weight is 351 g/mol. The molecular formula is C17H17N7O2. The molecule has 0 bridgehead atoms. The molecule has 4 heterocycles. The van der Waals surface area contributed by atoms with Crippen molar-refractivity contribution < 1.29 is 4.74 Å². The molecule has 4 aromatic rings. The van der Waals surface area contributed by atoms with E-state index in [0.29, 0.717) is 23.9 Å². The second-order valence-electron chi connectivity index (χ2n) is 5.78. The zero-order valence-electron chi connectivity index (χ0n) is 14.6. The number of aromatic nitrogens is 7. The lowest BCUT2D eigenvalue weighted by atomic mass is 10.1. The summed E-state index contributed by atoms with van der Waals surface area (Å²) in [5.74, 6) is 0.847. The second-order valence-corrected chi connectivity index (χ2v) is 5.78. The fourth-order valence-corrected chi connectivity index (χ4v) is 2.92. The van der Waals surface area contributed by atoms with E-state index in [1.165, 1.54) is 4.52 Å². The summed E-state index contributed by atoms with van der Waals surface area (Å²) in [6.07, 6.45) is 7.37. The van der Waals surface area contributed by atoms with Crippen LogP contribution in [-0.4, -0.2) is 41.5 Å². The number of aryl methyl sites for hydroxylation is 1. The molecule has 26 heavy (non-hydrogen) atoms. The zero-order valence-corrected chi connectivity index (χ0v) is 14.6. The van der Waals surface area contributed by atoms with Gasteiger partial charge in [0, 0.05) is 40.8 Å². The van der Waals surface area contributed by atoms with E-state index >= 15 is 0 Å². The summed E-state index contributed by atoms with van der Waals surface area (Å²) >= 11 is 0. The molecule has 9 nitrogen and oxygen atoms in total. The maximum Gasteiger partial charge on any atom is 0.277 e. The minimum atomic E-state index is -0.103. The predicted octanol–water partition coefficient (Wildman–Crippen LogP) is 1.54. The highest BCUT2D eigenvalue weighted by Crippen LogP contribution is 2.23. The van der Waals surface area contributed by atoms with Crippen molar-refractivity contribution in [3.63, 3.8) is 0 Å². The summed E-state index contributed by atoms with van der Waals surface area (Å²) in [7, 11) is 1.54. The van der Waals surface area contributed by atoms with Gasteiger partial charge < -0.3 is 9.72 Å². The minimum absolute atomic E-state index is 0.103. The largest absolute Gasteiger partial charge is 0.481 e. The molecule has 4 aromatic heterocycles. The molecule has 1 N–H and O–H groups in total. The van der Waals surface area contributed by atoms with E-state index in [9.17, 15) is 4.79 Å². The number of aromatic amines is 1. The topological polar surface area (TPSA) is 103 Å². The first-order chi connectivity index (χ1) is 12.6. The minimum Gasteiger partial charge on any atom is -0.481 e. The van der Waals surface area contributed by atoms with Crippen molar-refractivity contribution >= 4 is 5.65 Å². The van der Waals surface area contributed by atoms with Crippen LogP contribution >= 0.6 is 0 Å². The molecular weight excluding hydrogens is 334 g/mol. The third-order valence-electron chi connectivity index (χ3n) is 4.26. The maximum absolute atomic E-state index is 12.5. The SMILES string of the molecule is CCc1c(C)[nH]c2c(-c3cnn(-c4nccc(OC)n4)c3)cnn2c1=O. The van der Waals surface area contributed by atoms with Crippen LogP contribution in [0.2, 0.25) is 0 Å². The average Bonchev–Trinajstić information content (AvgIpc) is 3.29. The summed E-state index contributed by atoms with van der Waals surface area (Å²) in [4.78, 5) is 24.3. The highest BCUT2D eigenvalue weighted by atomic mass is 16.5. The highest BCUT2D eigenvalue weighted by Gasteiger charge is 2.15.